The van der Waals surface area contributed by atoms with Crippen LogP contribution >= 0.6 is 0 Å². The molecule has 4 rings (SSSR count). The van der Waals surface area contributed by atoms with Crippen molar-refractivity contribution in [3.8, 4) is 11.3 Å². The van der Waals surface area contributed by atoms with Crippen LogP contribution in [0.25, 0.3) is 11.3 Å². The second-order valence-electron chi connectivity index (χ2n) is 8.56. The van der Waals surface area contributed by atoms with Gasteiger partial charge in [-0.2, -0.15) is 13.2 Å². The standard InChI is InChI=1S/C25H28F3N5/c1-32(2)20-9-7-18(8-10-20)17-33-15-12-19(13-16-33)30-24-29-14-11-23(31-24)21-5-3-4-6-22(21)25(26,27)28/h3-11,14,19H,12-13,15-17H2,1-2H3,(H,29,30,31). The third-order valence-corrected chi connectivity index (χ3v) is 5.94. The van der Waals surface area contributed by atoms with E-state index in [1.165, 1.54) is 35.6 Å². The zero-order chi connectivity index (χ0) is 23.4. The van der Waals surface area contributed by atoms with Crippen molar-refractivity contribution in [3.05, 3.63) is 71.9 Å². The molecule has 1 aliphatic heterocycles. The lowest BCUT2D eigenvalue weighted by atomic mass is 10.0. The fraction of sp³-hybridized carbons (Fsp3) is 0.360. The minimum atomic E-state index is -4.44. The Morgan fingerprint density at radius 3 is 2.36 bits per heavy atom. The number of rotatable bonds is 6. The highest BCUT2D eigenvalue weighted by Crippen LogP contribution is 2.36. The zero-order valence-corrected chi connectivity index (χ0v) is 18.8. The van der Waals surface area contributed by atoms with Gasteiger partial charge in [-0.25, -0.2) is 9.97 Å². The number of nitrogens with one attached hydrogen (secondary N) is 1. The van der Waals surface area contributed by atoms with E-state index in [4.69, 9.17) is 0 Å². The van der Waals surface area contributed by atoms with Crippen LogP contribution in [0.3, 0.4) is 0 Å². The Balaban J connectivity index is 1.36. The third kappa shape index (κ3) is 5.82. The minimum absolute atomic E-state index is 0.0607. The maximum atomic E-state index is 13.4. The fourth-order valence-electron chi connectivity index (χ4n) is 4.11. The molecule has 0 amide bonds. The predicted octanol–water partition coefficient (Wildman–Crippen LogP) is 5.30. The van der Waals surface area contributed by atoms with Crippen molar-refractivity contribution < 1.29 is 13.2 Å². The number of aromatic nitrogens is 2. The van der Waals surface area contributed by atoms with E-state index in [1.807, 2.05) is 14.1 Å². The van der Waals surface area contributed by atoms with Crippen molar-refractivity contribution in [2.24, 2.45) is 0 Å². The largest absolute Gasteiger partial charge is 0.417 e. The van der Waals surface area contributed by atoms with Gasteiger partial charge in [-0.05, 0) is 42.7 Å². The number of benzene rings is 2. The van der Waals surface area contributed by atoms with Gasteiger partial charge in [-0.3, -0.25) is 4.90 Å². The van der Waals surface area contributed by atoms with Gasteiger partial charge in [0.15, 0.2) is 0 Å². The summed E-state index contributed by atoms with van der Waals surface area (Å²) in [4.78, 5) is 13.1. The minimum Gasteiger partial charge on any atom is -0.378 e. The predicted molar refractivity (Wildman–Crippen MR) is 125 cm³/mol. The SMILES string of the molecule is CN(C)c1ccc(CN2CCC(Nc3nccc(-c4ccccc4C(F)(F)F)n3)CC2)cc1. The van der Waals surface area contributed by atoms with Crippen LogP contribution in [0.15, 0.2) is 60.8 Å². The quantitative estimate of drug-likeness (QED) is 0.546. The molecule has 5 nitrogen and oxygen atoms in total. The number of anilines is 2. The van der Waals surface area contributed by atoms with Crippen LogP contribution in [0.2, 0.25) is 0 Å². The van der Waals surface area contributed by atoms with Crippen LogP contribution in [0.1, 0.15) is 24.0 Å². The molecule has 33 heavy (non-hydrogen) atoms. The van der Waals surface area contributed by atoms with Crippen LogP contribution < -0.4 is 10.2 Å². The van der Waals surface area contributed by atoms with E-state index in [9.17, 15) is 13.2 Å². The first-order valence-corrected chi connectivity index (χ1v) is 11.0. The first-order chi connectivity index (χ1) is 15.8. The normalized spacial score (nSPS) is 15.4. The van der Waals surface area contributed by atoms with E-state index in [-0.39, 0.29) is 17.3 Å². The Kier molecular flexibility index (Phi) is 6.83. The zero-order valence-electron chi connectivity index (χ0n) is 18.8. The lowest BCUT2D eigenvalue weighted by Crippen LogP contribution is -2.39. The molecule has 1 saturated heterocycles. The Hall–Kier alpha value is -3.13. The molecular formula is C25H28F3N5. The summed E-state index contributed by atoms with van der Waals surface area (Å²) in [6.45, 7) is 2.77. The first kappa shape index (κ1) is 23.0. The molecule has 0 unspecified atom stereocenters. The molecular weight excluding hydrogens is 427 g/mol. The van der Waals surface area contributed by atoms with Gasteiger partial charge >= 0.3 is 6.18 Å². The third-order valence-electron chi connectivity index (χ3n) is 5.94. The van der Waals surface area contributed by atoms with Crippen molar-refractivity contribution in [2.75, 3.05) is 37.4 Å². The maximum absolute atomic E-state index is 13.4. The summed E-state index contributed by atoms with van der Waals surface area (Å²) >= 11 is 0. The fourth-order valence-corrected chi connectivity index (χ4v) is 4.11. The van der Waals surface area contributed by atoms with Gasteiger partial charge in [0, 0.05) is 57.2 Å². The molecule has 0 spiro atoms. The molecule has 8 heteroatoms. The van der Waals surface area contributed by atoms with Crippen LogP contribution in [-0.4, -0.2) is 48.1 Å². The van der Waals surface area contributed by atoms with E-state index in [0.29, 0.717) is 5.95 Å². The molecule has 174 valence electrons. The van der Waals surface area contributed by atoms with Crippen molar-refractivity contribution in [1.82, 2.24) is 14.9 Å². The maximum Gasteiger partial charge on any atom is 0.417 e. The Morgan fingerprint density at radius 2 is 1.70 bits per heavy atom. The molecule has 3 aromatic rings. The Morgan fingerprint density at radius 1 is 1.00 bits per heavy atom. The highest BCUT2D eigenvalue weighted by atomic mass is 19.4. The number of halogens is 3. The molecule has 2 heterocycles. The topological polar surface area (TPSA) is 44.3 Å². The molecule has 1 N–H and O–H groups in total. The van der Waals surface area contributed by atoms with Gasteiger partial charge in [-0.1, -0.05) is 30.3 Å². The number of hydrogen-bond acceptors (Lipinski definition) is 5. The first-order valence-electron chi connectivity index (χ1n) is 11.0. The summed E-state index contributed by atoms with van der Waals surface area (Å²) in [6, 6.07) is 15.8. The molecule has 0 atom stereocenters. The van der Waals surface area contributed by atoms with E-state index >= 15 is 0 Å². The van der Waals surface area contributed by atoms with Crippen molar-refractivity contribution in [3.63, 3.8) is 0 Å². The molecule has 1 aromatic heterocycles. The summed E-state index contributed by atoms with van der Waals surface area (Å²) in [7, 11) is 4.06. The van der Waals surface area contributed by atoms with E-state index in [1.54, 1.807) is 6.07 Å². The van der Waals surface area contributed by atoms with E-state index in [0.717, 1.165) is 38.5 Å². The van der Waals surface area contributed by atoms with Crippen molar-refractivity contribution in [1.29, 1.82) is 0 Å². The molecule has 2 aromatic carbocycles. The number of hydrogen-bond donors (Lipinski definition) is 1. The smallest absolute Gasteiger partial charge is 0.378 e. The number of piperidine rings is 1. The van der Waals surface area contributed by atoms with Gasteiger partial charge < -0.3 is 10.2 Å². The van der Waals surface area contributed by atoms with Crippen molar-refractivity contribution in [2.45, 2.75) is 31.6 Å². The van der Waals surface area contributed by atoms with Gasteiger partial charge in [0.1, 0.15) is 0 Å². The summed E-state index contributed by atoms with van der Waals surface area (Å²) < 4.78 is 40.2. The molecule has 0 aliphatic carbocycles. The summed E-state index contributed by atoms with van der Waals surface area (Å²) in [5.41, 5.74) is 2.10. The van der Waals surface area contributed by atoms with Crippen LogP contribution in [-0.2, 0) is 12.7 Å². The van der Waals surface area contributed by atoms with Gasteiger partial charge in [0.2, 0.25) is 5.95 Å². The monoisotopic (exact) mass is 455 g/mol. The molecule has 0 radical (unpaired) electrons. The average Bonchev–Trinajstić information content (AvgIpc) is 2.80. The molecule has 0 saturated carbocycles. The summed E-state index contributed by atoms with van der Waals surface area (Å²) in [6.07, 6.45) is -1.09. The van der Waals surface area contributed by atoms with E-state index in [2.05, 4.69) is 49.4 Å². The number of likely N-dealkylation sites (tertiary alicyclic amines) is 1. The average molecular weight is 456 g/mol. The van der Waals surface area contributed by atoms with Gasteiger partial charge in [0.25, 0.3) is 0 Å². The van der Waals surface area contributed by atoms with Gasteiger partial charge in [0.05, 0.1) is 11.3 Å². The Bertz CT molecular complexity index is 1060. The van der Waals surface area contributed by atoms with E-state index < -0.39 is 11.7 Å². The second-order valence-corrected chi connectivity index (χ2v) is 8.56. The molecule has 0 bridgehead atoms. The van der Waals surface area contributed by atoms with Crippen molar-refractivity contribution >= 4 is 11.6 Å². The van der Waals surface area contributed by atoms with Crippen LogP contribution in [0, 0.1) is 0 Å². The highest BCUT2D eigenvalue weighted by molar-refractivity contribution is 5.65. The summed E-state index contributed by atoms with van der Waals surface area (Å²) in [5, 5.41) is 3.32. The lowest BCUT2D eigenvalue weighted by molar-refractivity contribution is -0.137. The Labute approximate surface area is 192 Å². The number of nitrogens with zero attached hydrogens (tertiary/aromatic N) is 4. The van der Waals surface area contributed by atoms with Crippen LogP contribution in [0.4, 0.5) is 24.8 Å². The summed E-state index contributed by atoms with van der Waals surface area (Å²) in [5.74, 6) is 0.363. The number of alkyl halides is 3. The van der Waals surface area contributed by atoms with Crippen LogP contribution in [0.5, 0.6) is 0 Å². The van der Waals surface area contributed by atoms with Gasteiger partial charge in [-0.15, -0.1) is 0 Å². The second kappa shape index (κ2) is 9.79. The molecule has 1 aliphatic rings. The lowest BCUT2D eigenvalue weighted by Gasteiger charge is -2.32. The molecule has 1 fully saturated rings. The highest BCUT2D eigenvalue weighted by Gasteiger charge is 2.33.